The lowest BCUT2D eigenvalue weighted by Gasteiger charge is -2.26. The fraction of sp³-hybridized carbons (Fsp3) is 0.261. The summed E-state index contributed by atoms with van der Waals surface area (Å²) in [5, 5.41) is 2.98. The number of hydrogen-bond donors (Lipinski definition) is 1. The van der Waals surface area contributed by atoms with Gasteiger partial charge in [0.2, 0.25) is 5.95 Å². The van der Waals surface area contributed by atoms with Crippen molar-refractivity contribution in [1.29, 1.82) is 0 Å². The molecule has 1 aromatic heterocycles. The maximum atomic E-state index is 12.7. The predicted molar refractivity (Wildman–Crippen MR) is 113 cm³/mol. The van der Waals surface area contributed by atoms with Crippen LogP contribution in [0.2, 0.25) is 0 Å². The van der Waals surface area contributed by atoms with Crippen molar-refractivity contribution in [2.24, 2.45) is 0 Å². The third kappa shape index (κ3) is 4.03. The van der Waals surface area contributed by atoms with Gasteiger partial charge in [-0.15, -0.1) is 0 Å². The molecule has 1 aliphatic rings. The van der Waals surface area contributed by atoms with Crippen LogP contribution < -0.4 is 10.2 Å². The average molecular weight is 372 g/mol. The van der Waals surface area contributed by atoms with Crippen LogP contribution in [0.3, 0.4) is 0 Å². The highest BCUT2D eigenvalue weighted by atomic mass is 16.1. The number of amides is 1. The Hall–Kier alpha value is -3.21. The van der Waals surface area contributed by atoms with Gasteiger partial charge in [0.1, 0.15) is 0 Å². The molecule has 1 saturated heterocycles. The van der Waals surface area contributed by atoms with E-state index in [1.165, 1.54) is 19.3 Å². The molecule has 0 unspecified atom stereocenters. The molecule has 2 heterocycles. The van der Waals surface area contributed by atoms with Crippen LogP contribution in [0.4, 0.5) is 11.6 Å². The van der Waals surface area contributed by atoms with Gasteiger partial charge in [-0.25, -0.2) is 9.97 Å². The molecule has 0 bridgehead atoms. The molecule has 1 aliphatic heterocycles. The third-order valence-electron chi connectivity index (χ3n) is 5.13. The molecule has 1 fully saturated rings. The van der Waals surface area contributed by atoms with E-state index in [1.54, 1.807) is 0 Å². The number of para-hydroxylation sites is 1. The molecule has 5 heteroatoms. The SMILES string of the molecule is Cc1ccccc1NC(=O)c1cccc(-c2cnc(N3CCCCC3)nc2)c1. The van der Waals surface area contributed by atoms with Gasteiger partial charge >= 0.3 is 0 Å². The van der Waals surface area contributed by atoms with Crippen molar-refractivity contribution in [3.8, 4) is 11.1 Å². The van der Waals surface area contributed by atoms with Crippen LogP contribution in [0.25, 0.3) is 11.1 Å². The van der Waals surface area contributed by atoms with Crippen LogP contribution in [0.5, 0.6) is 0 Å². The van der Waals surface area contributed by atoms with Crippen molar-refractivity contribution in [3.63, 3.8) is 0 Å². The van der Waals surface area contributed by atoms with Gasteiger partial charge in [0.05, 0.1) is 0 Å². The van der Waals surface area contributed by atoms with Gasteiger partial charge in [-0.1, -0.05) is 30.3 Å². The molecule has 0 spiro atoms. The van der Waals surface area contributed by atoms with Crippen molar-refractivity contribution in [3.05, 3.63) is 72.1 Å². The zero-order chi connectivity index (χ0) is 19.3. The monoisotopic (exact) mass is 372 g/mol. The van der Waals surface area contributed by atoms with Crippen LogP contribution in [-0.4, -0.2) is 29.0 Å². The summed E-state index contributed by atoms with van der Waals surface area (Å²) >= 11 is 0. The van der Waals surface area contributed by atoms with Gasteiger partial charge in [0.25, 0.3) is 5.91 Å². The first-order chi connectivity index (χ1) is 13.7. The summed E-state index contributed by atoms with van der Waals surface area (Å²) in [5.74, 6) is 0.666. The molecule has 1 amide bonds. The number of nitrogens with one attached hydrogen (secondary N) is 1. The van der Waals surface area contributed by atoms with Crippen LogP contribution in [0, 0.1) is 6.92 Å². The van der Waals surface area contributed by atoms with E-state index in [9.17, 15) is 4.79 Å². The van der Waals surface area contributed by atoms with E-state index >= 15 is 0 Å². The summed E-state index contributed by atoms with van der Waals surface area (Å²) in [5.41, 5.74) is 4.32. The molecular weight excluding hydrogens is 348 g/mol. The summed E-state index contributed by atoms with van der Waals surface area (Å²) in [6.45, 7) is 4.02. The van der Waals surface area contributed by atoms with Crippen molar-refractivity contribution < 1.29 is 4.79 Å². The first kappa shape index (κ1) is 18.2. The number of anilines is 2. The second kappa shape index (κ2) is 8.21. The van der Waals surface area contributed by atoms with Crippen molar-refractivity contribution in [2.75, 3.05) is 23.3 Å². The lowest BCUT2D eigenvalue weighted by Crippen LogP contribution is -2.30. The first-order valence-corrected chi connectivity index (χ1v) is 9.75. The van der Waals surface area contributed by atoms with E-state index in [0.29, 0.717) is 5.56 Å². The Labute approximate surface area is 165 Å². The number of benzene rings is 2. The Morgan fingerprint density at radius 1 is 0.929 bits per heavy atom. The largest absolute Gasteiger partial charge is 0.341 e. The van der Waals surface area contributed by atoms with Crippen LogP contribution in [0.15, 0.2) is 60.9 Å². The molecule has 0 atom stereocenters. The summed E-state index contributed by atoms with van der Waals surface area (Å²) in [7, 11) is 0. The number of piperidine rings is 1. The standard InChI is InChI=1S/C23H24N4O/c1-17-8-3-4-11-21(17)26-22(28)19-10-7-9-18(14-19)20-15-24-23(25-16-20)27-12-5-2-6-13-27/h3-4,7-11,14-16H,2,5-6,12-13H2,1H3,(H,26,28). The zero-order valence-corrected chi connectivity index (χ0v) is 16.1. The van der Waals surface area contributed by atoms with Gasteiger partial charge in [-0.2, -0.15) is 0 Å². The zero-order valence-electron chi connectivity index (χ0n) is 16.1. The minimum atomic E-state index is -0.123. The van der Waals surface area contributed by atoms with E-state index < -0.39 is 0 Å². The van der Waals surface area contributed by atoms with Gasteiger partial charge in [0.15, 0.2) is 0 Å². The molecule has 3 aromatic rings. The molecule has 0 saturated carbocycles. The number of rotatable bonds is 4. The molecule has 1 N–H and O–H groups in total. The summed E-state index contributed by atoms with van der Waals surface area (Å²) in [6, 6.07) is 15.3. The van der Waals surface area contributed by atoms with Crippen molar-refractivity contribution in [1.82, 2.24) is 9.97 Å². The van der Waals surface area contributed by atoms with Gasteiger partial charge in [0, 0.05) is 42.3 Å². The highest BCUT2D eigenvalue weighted by molar-refractivity contribution is 6.05. The van der Waals surface area contributed by atoms with Crippen LogP contribution in [0.1, 0.15) is 35.2 Å². The van der Waals surface area contributed by atoms with E-state index in [0.717, 1.165) is 41.4 Å². The lowest BCUT2D eigenvalue weighted by molar-refractivity contribution is 0.102. The molecule has 142 valence electrons. The number of nitrogens with zero attached hydrogens (tertiary/aromatic N) is 3. The average Bonchev–Trinajstić information content (AvgIpc) is 2.76. The fourth-order valence-electron chi connectivity index (χ4n) is 3.48. The minimum Gasteiger partial charge on any atom is -0.341 e. The Bertz CT molecular complexity index is 962. The maximum Gasteiger partial charge on any atom is 0.255 e. The van der Waals surface area contributed by atoms with E-state index in [1.807, 2.05) is 67.8 Å². The maximum absolute atomic E-state index is 12.7. The Morgan fingerprint density at radius 3 is 2.43 bits per heavy atom. The molecule has 0 radical (unpaired) electrons. The van der Waals surface area contributed by atoms with Gasteiger partial charge < -0.3 is 10.2 Å². The van der Waals surface area contributed by atoms with Crippen molar-refractivity contribution >= 4 is 17.5 Å². The Morgan fingerprint density at radius 2 is 1.68 bits per heavy atom. The Balaban J connectivity index is 1.51. The minimum absolute atomic E-state index is 0.123. The van der Waals surface area contributed by atoms with Gasteiger partial charge in [-0.3, -0.25) is 4.79 Å². The third-order valence-corrected chi connectivity index (χ3v) is 5.13. The highest BCUT2D eigenvalue weighted by Gasteiger charge is 2.14. The summed E-state index contributed by atoms with van der Waals surface area (Å²) < 4.78 is 0. The number of aromatic nitrogens is 2. The highest BCUT2D eigenvalue weighted by Crippen LogP contribution is 2.22. The second-order valence-corrected chi connectivity index (χ2v) is 7.17. The first-order valence-electron chi connectivity index (χ1n) is 9.75. The molecule has 5 nitrogen and oxygen atoms in total. The summed E-state index contributed by atoms with van der Waals surface area (Å²) in [4.78, 5) is 24.0. The smallest absolute Gasteiger partial charge is 0.255 e. The van der Waals surface area contributed by atoms with E-state index in [4.69, 9.17) is 0 Å². The van der Waals surface area contributed by atoms with Crippen molar-refractivity contribution in [2.45, 2.75) is 26.2 Å². The predicted octanol–water partition coefficient (Wildman–Crippen LogP) is 4.69. The number of hydrogen-bond acceptors (Lipinski definition) is 4. The normalized spacial score (nSPS) is 14.0. The second-order valence-electron chi connectivity index (χ2n) is 7.17. The molecular formula is C23H24N4O. The lowest BCUT2D eigenvalue weighted by atomic mass is 10.1. The van der Waals surface area contributed by atoms with Gasteiger partial charge in [-0.05, 0) is 55.5 Å². The quantitative estimate of drug-likeness (QED) is 0.721. The summed E-state index contributed by atoms with van der Waals surface area (Å²) in [6.07, 6.45) is 7.36. The number of carbonyl (C=O) groups is 1. The number of carbonyl (C=O) groups excluding carboxylic acids is 1. The molecule has 4 rings (SSSR count). The Kier molecular flexibility index (Phi) is 5.33. The fourth-order valence-corrected chi connectivity index (χ4v) is 3.48. The number of aryl methyl sites for hydroxylation is 1. The van der Waals surface area contributed by atoms with Crippen LogP contribution >= 0.6 is 0 Å². The topological polar surface area (TPSA) is 58.1 Å². The van der Waals surface area contributed by atoms with Crippen LogP contribution in [-0.2, 0) is 0 Å². The van der Waals surface area contributed by atoms with E-state index in [-0.39, 0.29) is 5.91 Å². The molecule has 0 aliphatic carbocycles. The molecule has 2 aromatic carbocycles. The van der Waals surface area contributed by atoms with E-state index in [2.05, 4.69) is 20.2 Å². The molecule has 28 heavy (non-hydrogen) atoms.